The van der Waals surface area contributed by atoms with E-state index in [0.717, 1.165) is 24.0 Å². The number of hydrogen-bond acceptors (Lipinski definition) is 2. The van der Waals surface area contributed by atoms with Gasteiger partial charge in [0, 0.05) is 16.8 Å². The molecule has 0 spiro atoms. The van der Waals surface area contributed by atoms with Crippen molar-refractivity contribution in [3.05, 3.63) is 59.7 Å². The van der Waals surface area contributed by atoms with E-state index in [0.29, 0.717) is 11.5 Å². The van der Waals surface area contributed by atoms with Crippen LogP contribution in [-0.4, -0.2) is 21.2 Å². The van der Waals surface area contributed by atoms with Crippen LogP contribution in [0.25, 0.3) is 0 Å². The van der Waals surface area contributed by atoms with Crippen LogP contribution in [0.1, 0.15) is 102 Å². The molecule has 0 unspecified atom stereocenters. The Kier molecular flexibility index (Phi) is 27.4. The van der Waals surface area contributed by atoms with Gasteiger partial charge in [-0.1, -0.05) is 114 Å². The Morgan fingerprint density at radius 3 is 1.12 bits per heavy atom. The first-order valence-corrected chi connectivity index (χ1v) is 12.2. The van der Waals surface area contributed by atoms with Crippen molar-refractivity contribution in [2.24, 2.45) is 0 Å². The van der Waals surface area contributed by atoms with Gasteiger partial charge in [0.15, 0.2) is 0 Å². The third kappa shape index (κ3) is 18.6. The van der Waals surface area contributed by atoms with Crippen molar-refractivity contribution in [1.82, 2.24) is 0 Å². The summed E-state index contributed by atoms with van der Waals surface area (Å²) in [5, 5.41) is 19.1. The minimum Gasteiger partial charge on any atom is -0.508 e. The van der Waals surface area contributed by atoms with Gasteiger partial charge in [0.25, 0.3) is 0 Å². The Hall–Kier alpha value is -1.53. The Morgan fingerprint density at radius 1 is 0.485 bits per heavy atom. The Labute approximate surface area is 212 Å². The third-order valence-corrected chi connectivity index (χ3v) is 5.58. The van der Waals surface area contributed by atoms with Crippen LogP contribution < -0.4 is 0 Å². The fraction of sp³-hybridized carbons (Fsp3) is 0.571. The summed E-state index contributed by atoms with van der Waals surface area (Å²) in [6.45, 7) is 4.48. The van der Waals surface area contributed by atoms with Gasteiger partial charge in [-0.3, -0.25) is 0 Å². The molecular formula is C28H48CoO4. The molecule has 193 valence electrons. The quantitative estimate of drug-likeness (QED) is 0.271. The normalized spacial score (nSPS) is 9.52. The molecule has 6 N–H and O–H groups in total. The van der Waals surface area contributed by atoms with Crippen LogP contribution in [0.5, 0.6) is 11.5 Å². The van der Waals surface area contributed by atoms with Crippen molar-refractivity contribution in [1.29, 1.82) is 0 Å². The van der Waals surface area contributed by atoms with Gasteiger partial charge in [0.05, 0.1) is 0 Å². The average molecular weight is 508 g/mol. The first-order valence-electron chi connectivity index (χ1n) is 12.2. The van der Waals surface area contributed by atoms with Crippen LogP contribution in [0.3, 0.4) is 0 Å². The summed E-state index contributed by atoms with van der Waals surface area (Å²) in [5.74, 6) is 0.900. The number of unbranched alkanes of at least 4 members (excludes halogenated alkanes) is 10. The van der Waals surface area contributed by atoms with E-state index in [1.165, 1.54) is 77.0 Å². The molecule has 0 fully saturated rings. The summed E-state index contributed by atoms with van der Waals surface area (Å²) in [4.78, 5) is 0. The molecule has 0 aliphatic carbocycles. The summed E-state index contributed by atoms with van der Waals surface area (Å²) < 4.78 is 0. The number of benzene rings is 2. The van der Waals surface area contributed by atoms with Gasteiger partial charge in [-0.25, -0.2) is 0 Å². The van der Waals surface area contributed by atoms with E-state index in [1.54, 1.807) is 12.1 Å². The molecule has 2 aromatic rings. The van der Waals surface area contributed by atoms with Crippen molar-refractivity contribution in [2.75, 3.05) is 0 Å². The Balaban J connectivity index is -0.000000500. The molecular weight excluding hydrogens is 459 g/mol. The van der Waals surface area contributed by atoms with Crippen molar-refractivity contribution < 1.29 is 37.9 Å². The maximum atomic E-state index is 9.55. The van der Waals surface area contributed by atoms with Crippen LogP contribution in [0, 0.1) is 0 Å². The van der Waals surface area contributed by atoms with Crippen LogP contribution in [0.15, 0.2) is 48.5 Å². The van der Waals surface area contributed by atoms with Crippen LogP contribution in [0.4, 0.5) is 0 Å². The van der Waals surface area contributed by atoms with Gasteiger partial charge in [0.1, 0.15) is 11.5 Å². The standard InChI is InChI=1S/2C14H22O.Co.2H2O/c2*1-2-3-4-5-6-7-10-13-11-8-9-12-14(13)15;;;/h2*8-9,11-12,15H,2-7,10H2,1H3;;2*1H2. The summed E-state index contributed by atoms with van der Waals surface area (Å²) >= 11 is 0. The van der Waals surface area contributed by atoms with Crippen molar-refractivity contribution in [3.63, 3.8) is 0 Å². The molecule has 2 rings (SSSR count). The number of phenolic OH excluding ortho intramolecular Hbond substituents is 2. The average Bonchev–Trinajstić information content (AvgIpc) is 2.76. The second-order valence-electron chi connectivity index (χ2n) is 8.29. The predicted octanol–water partition coefficient (Wildman–Crippen LogP) is 6.94. The molecule has 0 aliphatic heterocycles. The molecule has 2 aromatic carbocycles. The van der Waals surface area contributed by atoms with E-state index < -0.39 is 0 Å². The minimum absolute atomic E-state index is 0. The SMILES string of the molecule is CCCCCCCCc1ccccc1O.CCCCCCCCc1ccccc1O.O.O.[Co]. The second-order valence-corrected chi connectivity index (χ2v) is 8.29. The largest absolute Gasteiger partial charge is 0.508 e. The maximum Gasteiger partial charge on any atom is 0.118 e. The van der Waals surface area contributed by atoms with Gasteiger partial charge in [-0.15, -0.1) is 0 Å². The number of rotatable bonds is 14. The molecule has 0 saturated carbocycles. The molecule has 0 atom stereocenters. The van der Waals surface area contributed by atoms with Gasteiger partial charge < -0.3 is 21.2 Å². The Morgan fingerprint density at radius 2 is 0.788 bits per heavy atom. The van der Waals surface area contributed by atoms with E-state index in [4.69, 9.17) is 0 Å². The summed E-state index contributed by atoms with van der Waals surface area (Å²) in [6.07, 6.45) is 17.7. The zero-order chi connectivity index (χ0) is 21.9. The molecule has 0 amide bonds. The number of aromatic hydroxyl groups is 2. The third-order valence-electron chi connectivity index (χ3n) is 5.58. The fourth-order valence-corrected chi connectivity index (χ4v) is 3.64. The van der Waals surface area contributed by atoms with Crippen molar-refractivity contribution in [2.45, 2.75) is 104 Å². The molecule has 0 saturated heterocycles. The number of aryl methyl sites for hydroxylation is 2. The van der Waals surface area contributed by atoms with Crippen LogP contribution >= 0.6 is 0 Å². The van der Waals surface area contributed by atoms with E-state index >= 15 is 0 Å². The monoisotopic (exact) mass is 507 g/mol. The van der Waals surface area contributed by atoms with Crippen molar-refractivity contribution >= 4 is 0 Å². The van der Waals surface area contributed by atoms with E-state index in [2.05, 4.69) is 13.8 Å². The number of para-hydroxylation sites is 2. The molecule has 0 heterocycles. The van der Waals surface area contributed by atoms with Crippen LogP contribution in [-0.2, 0) is 29.6 Å². The number of phenols is 2. The van der Waals surface area contributed by atoms with E-state index in [-0.39, 0.29) is 27.7 Å². The maximum absolute atomic E-state index is 9.55. The summed E-state index contributed by atoms with van der Waals surface area (Å²) in [6, 6.07) is 15.3. The zero-order valence-corrected chi connectivity index (χ0v) is 21.8. The van der Waals surface area contributed by atoms with Gasteiger partial charge in [-0.2, -0.15) is 0 Å². The summed E-state index contributed by atoms with van der Waals surface area (Å²) in [7, 11) is 0. The molecule has 0 aromatic heterocycles. The molecule has 33 heavy (non-hydrogen) atoms. The minimum atomic E-state index is 0. The van der Waals surface area contributed by atoms with Gasteiger partial charge in [0.2, 0.25) is 0 Å². The topological polar surface area (TPSA) is 103 Å². The van der Waals surface area contributed by atoms with Crippen LogP contribution in [0.2, 0.25) is 0 Å². The molecule has 0 aliphatic rings. The molecule has 4 nitrogen and oxygen atoms in total. The molecule has 5 heteroatoms. The molecule has 0 bridgehead atoms. The smallest absolute Gasteiger partial charge is 0.118 e. The first-order chi connectivity index (χ1) is 14.7. The van der Waals surface area contributed by atoms with Crippen molar-refractivity contribution in [3.8, 4) is 11.5 Å². The van der Waals surface area contributed by atoms with E-state index in [1.807, 2.05) is 36.4 Å². The predicted molar refractivity (Wildman–Crippen MR) is 138 cm³/mol. The molecule has 1 radical (unpaired) electrons. The zero-order valence-electron chi connectivity index (χ0n) is 20.7. The fourth-order valence-electron chi connectivity index (χ4n) is 3.64. The Bertz CT molecular complexity index is 606. The van der Waals surface area contributed by atoms with E-state index in [9.17, 15) is 10.2 Å². The van der Waals surface area contributed by atoms with Gasteiger partial charge >= 0.3 is 0 Å². The first kappa shape index (κ1) is 36.0. The summed E-state index contributed by atoms with van der Waals surface area (Å²) in [5.41, 5.74) is 2.18. The number of hydrogen-bond donors (Lipinski definition) is 2. The van der Waals surface area contributed by atoms with Gasteiger partial charge in [-0.05, 0) is 48.9 Å². The second kappa shape index (κ2) is 25.1.